The third-order valence-electron chi connectivity index (χ3n) is 4.94. The summed E-state index contributed by atoms with van der Waals surface area (Å²) in [5.74, 6) is 0.681. The van der Waals surface area contributed by atoms with Crippen molar-refractivity contribution < 1.29 is 4.79 Å². The number of nitrogens with zero attached hydrogens (tertiary/aromatic N) is 2. The first kappa shape index (κ1) is 20.5. The third-order valence-corrected chi connectivity index (χ3v) is 4.94. The van der Waals surface area contributed by atoms with Crippen LogP contribution in [0, 0.1) is 5.92 Å². The Morgan fingerprint density at radius 3 is 2.85 bits per heavy atom. The number of carbonyl (C=O) groups excluding carboxylic acids is 1. The summed E-state index contributed by atoms with van der Waals surface area (Å²) in [6.07, 6.45) is 6.04. The van der Waals surface area contributed by atoms with Crippen LogP contribution in [0.15, 0.2) is 36.5 Å². The van der Waals surface area contributed by atoms with Gasteiger partial charge in [0, 0.05) is 6.54 Å². The van der Waals surface area contributed by atoms with Gasteiger partial charge in [0.15, 0.2) is 0 Å². The van der Waals surface area contributed by atoms with Crippen LogP contribution in [0.5, 0.6) is 0 Å². The van der Waals surface area contributed by atoms with E-state index in [9.17, 15) is 4.79 Å². The Labute approximate surface area is 162 Å². The monoisotopic (exact) mass is 376 g/mol. The van der Waals surface area contributed by atoms with Crippen LogP contribution in [0.2, 0.25) is 0 Å². The highest BCUT2D eigenvalue weighted by Crippen LogP contribution is 2.14. The van der Waals surface area contributed by atoms with Gasteiger partial charge in [0.1, 0.15) is 0 Å². The number of amides is 1. The lowest BCUT2D eigenvalue weighted by Gasteiger charge is -2.22. The quantitative estimate of drug-likeness (QED) is 0.780. The van der Waals surface area contributed by atoms with Crippen molar-refractivity contribution in [1.82, 2.24) is 20.4 Å². The van der Waals surface area contributed by atoms with E-state index in [0.29, 0.717) is 18.0 Å². The molecule has 1 amide bonds. The van der Waals surface area contributed by atoms with Crippen molar-refractivity contribution in [1.29, 1.82) is 0 Å². The Bertz CT molecular complexity index is 680. The van der Waals surface area contributed by atoms with Crippen LogP contribution in [0.4, 0.5) is 0 Å². The minimum absolute atomic E-state index is 0. The highest BCUT2D eigenvalue weighted by Gasteiger charge is 2.17. The molecule has 0 aliphatic carbocycles. The molecular weight excluding hydrogens is 348 g/mol. The molecule has 6 heteroatoms. The fourth-order valence-corrected chi connectivity index (χ4v) is 3.52. The normalized spacial score (nSPS) is 16.7. The van der Waals surface area contributed by atoms with E-state index in [0.717, 1.165) is 38.2 Å². The molecule has 2 heterocycles. The van der Waals surface area contributed by atoms with Crippen LogP contribution < -0.4 is 10.6 Å². The van der Waals surface area contributed by atoms with Crippen molar-refractivity contribution in [2.24, 2.45) is 5.92 Å². The molecule has 2 N–H and O–H groups in total. The molecule has 1 atom stereocenters. The average molecular weight is 377 g/mol. The van der Waals surface area contributed by atoms with Crippen LogP contribution in [0.25, 0.3) is 0 Å². The van der Waals surface area contributed by atoms with E-state index in [-0.39, 0.29) is 18.3 Å². The molecule has 0 spiro atoms. The van der Waals surface area contributed by atoms with Gasteiger partial charge in [-0.15, -0.1) is 12.4 Å². The predicted octanol–water partition coefficient (Wildman–Crippen LogP) is 3.04. The Balaban J connectivity index is 0.00000243. The number of piperidine rings is 1. The minimum atomic E-state index is -0.0000645. The summed E-state index contributed by atoms with van der Waals surface area (Å²) in [5, 5.41) is 10.9. The van der Waals surface area contributed by atoms with Crippen molar-refractivity contribution in [3.8, 4) is 0 Å². The molecule has 1 saturated heterocycles. The molecule has 2 aromatic rings. The second kappa shape index (κ2) is 10.3. The lowest BCUT2D eigenvalue weighted by molar-refractivity contribution is 0.0949. The Hall–Kier alpha value is -1.85. The Morgan fingerprint density at radius 1 is 1.35 bits per heavy atom. The summed E-state index contributed by atoms with van der Waals surface area (Å²) in [4.78, 5) is 12.6. The van der Waals surface area contributed by atoms with Gasteiger partial charge in [-0.3, -0.25) is 9.48 Å². The number of rotatable bonds is 7. The van der Waals surface area contributed by atoms with E-state index < -0.39 is 0 Å². The summed E-state index contributed by atoms with van der Waals surface area (Å²) in [7, 11) is 0. The fourth-order valence-electron chi connectivity index (χ4n) is 3.52. The molecule has 1 unspecified atom stereocenters. The van der Waals surface area contributed by atoms with Gasteiger partial charge >= 0.3 is 0 Å². The number of carbonyl (C=O) groups is 1. The summed E-state index contributed by atoms with van der Waals surface area (Å²) in [6, 6.07) is 10.2. The predicted molar refractivity (Wildman–Crippen MR) is 107 cm³/mol. The van der Waals surface area contributed by atoms with Crippen molar-refractivity contribution >= 4 is 18.3 Å². The maximum absolute atomic E-state index is 12.6. The topological polar surface area (TPSA) is 59.0 Å². The molecule has 1 aliphatic heterocycles. The van der Waals surface area contributed by atoms with Crippen molar-refractivity contribution in [2.75, 3.05) is 19.6 Å². The average Bonchev–Trinajstić information content (AvgIpc) is 3.06. The maximum atomic E-state index is 12.6. The molecule has 0 radical (unpaired) electrons. The van der Waals surface area contributed by atoms with Gasteiger partial charge in [0.25, 0.3) is 5.91 Å². The number of hydrogen-bond donors (Lipinski definition) is 2. The Kier molecular flexibility index (Phi) is 8.13. The molecule has 0 bridgehead atoms. The molecule has 142 valence electrons. The molecule has 0 saturated carbocycles. The van der Waals surface area contributed by atoms with Gasteiger partial charge in [0.2, 0.25) is 0 Å². The molecule has 1 aromatic carbocycles. The highest BCUT2D eigenvalue weighted by molar-refractivity contribution is 5.95. The second-order valence-corrected chi connectivity index (χ2v) is 6.76. The Morgan fingerprint density at radius 2 is 2.15 bits per heavy atom. The summed E-state index contributed by atoms with van der Waals surface area (Å²) in [6.45, 7) is 5.71. The SMILES string of the molecule is CCc1c(C(=O)NCCC2CCCNC2)cnn1Cc1ccccc1.Cl. The number of halogens is 1. The third kappa shape index (κ3) is 5.32. The standard InChI is InChI=1S/C20H28N4O.ClH/c1-2-19-18(14-23-24(19)15-17-7-4-3-5-8-17)20(25)22-12-10-16-9-6-11-21-13-16;/h3-5,7-8,14,16,21H,2,6,9-13,15H2,1H3,(H,22,25);1H. The summed E-state index contributed by atoms with van der Waals surface area (Å²) < 4.78 is 1.94. The largest absolute Gasteiger partial charge is 0.352 e. The number of nitrogens with one attached hydrogen (secondary N) is 2. The van der Waals surface area contributed by atoms with Crippen LogP contribution in [0.3, 0.4) is 0 Å². The van der Waals surface area contributed by atoms with Gasteiger partial charge in [-0.1, -0.05) is 37.3 Å². The maximum Gasteiger partial charge on any atom is 0.254 e. The first-order chi connectivity index (χ1) is 12.3. The van der Waals surface area contributed by atoms with E-state index in [1.807, 2.05) is 22.9 Å². The van der Waals surface area contributed by atoms with Gasteiger partial charge in [-0.25, -0.2) is 0 Å². The van der Waals surface area contributed by atoms with E-state index in [1.165, 1.54) is 18.4 Å². The molecule has 1 aliphatic rings. The van der Waals surface area contributed by atoms with Crippen LogP contribution >= 0.6 is 12.4 Å². The molecule has 1 aromatic heterocycles. The van der Waals surface area contributed by atoms with Crippen molar-refractivity contribution in [3.63, 3.8) is 0 Å². The van der Waals surface area contributed by atoms with Crippen molar-refractivity contribution in [2.45, 2.75) is 39.2 Å². The van der Waals surface area contributed by atoms with Gasteiger partial charge in [-0.05, 0) is 50.3 Å². The van der Waals surface area contributed by atoms with Gasteiger partial charge < -0.3 is 10.6 Å². The van der Waals surface area contributed by atoms with Crippen LogP contribution in [-0.2, 0) is 13.0 Å². The molecule has 26 heavy (non-hydrogen) atoms. The van der Waals surface area contributed by atoms with E-state index in [2.05, 4.69) is 34.8 Å². The fraction of sp³-hybridized carbons (Fsp3) is 0.500. The molecule has 5 nitrogen and oxygen atoms in total. The first-order valence-corrected chi connectivity index (χ1v) is 9.35. The second-order valence-electron chi connectivity index (χ2n) is 6.76. The summed E-state index contributed by atoms with van der Waals surface area (Å²) >= 11 is 0. The molecular formula is C20H29ClN4O. The minimum Gasteiger partial charge on any atom is -0.352 e. The zero-order valence-electron chi connectivity index (χ0n) is 15.4. The van der Waals surface area contributed by atoms with Gasteiger partial charge in [0.05, 0.1) is 24.0 Å². The summed E-state index contributed by atoms with van der Waals surface area (Å²) in [5.41, 5.74) is 2.90. The number of benzene rings is 1. The van der Waals surface area contributed by atoms with E-state index in [4.69, 9.17) is 0 Å². The van der Waals surface area contributed by atoms with Crippen LogP contribution in [-0.4, -0.2) is 35.3 Å². The van der Waals surface area contributed by atoms with Gasteiger partial charge in [-0.2, -0.15) is 5.10 Å². The molecule has 1 fully saturated rings. The van der Waals surface area contributed by atoms with Crippen molar-refractivity contribution in [3.05, 3.63) is 53.3 Å². The van der Waals surface area contributed by atoms with E-state index in [1.54, 1.807) is 6.20 Å². The molecule has 3 rings (SSSR count). The zero-order chi connectivity index (χ0) is 17.5. The van der Waals surface area contributed by atoms with E-state index >= 15 is 0 Å². The lowest BCUT2D eigenvalue weighted by Crippen LogP contribution is -2.33. The first-order valence-electron chi connectivity index (χ1n) is 9.35. The lowest BCUT2D eigenvalue weighted by atomic mass is 9.96. The number of aromatic nitrogens is 2. The smallest absolute Gasteiger partial charge is 0.254 e. The highest BCUT2D eigenvalue weighted by atomic mass is 35.5. The number of hydrogen-bond acceptors (Lipinski definition) is 3. The zero-order valence-corrected chi connectivity index (χ0v) is 16.2. The van der Waals surface area contributed by atoms with Crippen LogP contribution in [0.1, 0.15) is 47.8 Å².